The van der Waals surface area contributed by atoms with Crippen LogP contribution in [-0.2, 0) is 0 Å². The summed E-state index contributed by atoms with van der Waals surface area (Å²) in [5, 5.41) is 7.87. The number of furan rings is 2. The van der Waals surface area contributed by atoms with Gasteiger partial charge in [0.25, 0.3) is 0 Å². The first-order valence-corrected chi connectivity index (χ1v) is 21.4. The van der Waals surface area contributed by atoms with E-state index in [1.165, 1.54) is 43.7 Å². The Morgan fingerprint density at radius 2 is 1.00 bits per heavy atom. The van der Waals surface area contributed by atoms with Crippen LogP contribution in [0.5, 0.6) is 0 Å². The van der Waals surface area contributed by atoms with Gasteiger partial charge in [0, 0.05) is 49.1 Å². The van der Waals surface area contributed by atoms with Gasteiger partial charge < -0.3 is 18.0 Å². The minimum absolute atomic E-state index is 0.723. The van der Waals surface area contributed by atoms with Crippen LogP contribution < -0.4 is 0 Å². The lowest BCUT2D eigenvalue weighted by Crippen LogP contribution is -1.94. The van der Waals surface area contributed by atoms with E-state index in [9.17, 15) is 0 Å². The first-order valence-electron chi connectivity index (χ1n) is 21.4. The Morgan fingerprint density at radius 1 is 0.344 bits per heavy atom. The van der Waals surface area contributed by atoms with Crippen LogP contribution in [0.15, 0.2) is 209 Å². The Morgan fingerprint density at radius 3 is 1.89 bits per heavy atom. The van der Waals surface area contributed by atoms with Crippen LogP contribution in [0.1, 0.15) is 0 Å². The number of hydrogen-bond donors (Lipinski definition) is 0. The van der Waals surface area contributed by atoms with Gasteiger partial charge in [0.2, 0.25) is 0 Å². The van der Waals surface area contributed by atoms with Gasteiger partial charge in [-0.05, 0) is 108 Å². The third kappa shape index (κ3) is 5.12. The van der Waals surface area contributed by atoms with Crippen LogP contribution in [0.2, 0.25) is 0 Å². The van der Waals surface area contributed by atoms with Gasteiger partial charge in [-0.25, -0.2) is 9.97 Å². The fraction of sp³-hybridized carbons (Fsp3) is 0. The molecule has 298 valence electrons. The van der Waals surface area contributed by atoms with E-state index in [0.29, 0.717) is 0 Å². The van der Waals surface area contributed by atoms with Gasteiger partial charge in [-0.2, -0.15) is 0 Å². The molecular weight excluding hydrogens is 787 g/mol. The fourth-order valence-electron chi connectivity index (χ4n) is 9.94. The number of hydrogen-bond acceptors (Lipinski definition) is 5. The molecule has 0 aliphatic heterocycles. The first kappa shape index (κ1) is 34.9. The van der Waals surface area contributed by atoms with E-state index >= 15 is 0 Å². The van der Waals surface area contributed by atoms with Crippen LogP contribution in [-0.4, -0.2) is 24.1 Å². The van der Waals surface area contributed by atoms with Crippen molar-refractivity contribution in [1.29, 1.82) is 0 Å². The summed E-state index contributed by atoms with van der Waals surface area (Å²) in [5.41, 5.74) is 16.1. The van der Waals surface area contributed by atoms with E-state index in [2.05, 4.69) is 155 Å². The summed E-state index contributed by atoms with van der Waals surface area (Å²) < 4.78 is 17.2. The molecule has 0 saturated carbocycles. The van der Waals surface area contributed by atoms with Crippen LogP contribution >= 0.6 is 0 Å². The zero-order valence-corrected chi connectivity index (χ0v) is 34.1. The van der Waals surface area contributed by atoms with Gasteiger partial charge >= 0.3 is 0 Å². The SMILES string of the molecule is c1ccc(-n2c3ccccc3c3c(-c4ccc5c(c4)c4ccccc4n5-c4ccc5oc6ccc(-c7cccc(-c8cc9c(cn8)oc8ccccc89)n7)nc6c5c4)cccc32)cc1. The molecule has 7 heterocycles. The summed E-state index contributed by atoms with van der Waals surface area (Å²) in [7, 11) is 0. The van der Waals surface area contributed by atoms with Crippen LogP contribution in [0.25, 0.3) is 133 Å². The molecule has 0 saturated heterocycles. The second-order valence-corrected chi connectivity index (χ2v) is 16.4. The zero-order chi connectivity index (χ0) is 41.9. The maximum absolute atomic E-state index is 6.40. The molecule has 0 N–H and O–H groups in total. The highest BCUT2D eigenvalue weighted by molar-refractivity contribution is 6.17. The number of para-hydroxylation sites is 4. The van der Waals surface area contributed by atoms with Gasteiger partial charge in [0.15, 0.2) is 11.2 Å². The molecular formula is C57H33N5O2. The topological polar surface area (TPSA) is 74.8 Å². The van der Waals surface area contributed by atoms with E-state index in [0.717, 1.165) is 89.2 Å². The van der Waals surface area contributed by atoms with Gasteiger partial charge in [0.1, 0.15) is 16.7 Å². The molecule has 0 spiro atoms. The summed E-state index contributed by atoms with van der Waals surface area (Å²) in [6.07, 6.45) is 1.78. The number of pyridine rings is 3. The quantitative estimate of drug-likeness (QED) is 0.173. The van der Waals surface area contributed by atoms with Crippen molar-refractivity contribution in [2.24, 2.45) is 0 Å². The average molecular weight is 820 g/mol. The Labute approximate surface area is 364 Å². The second kappa shape index (κ2) is 13.3. The van der Waals surface area contributed by atoms with Crippen molar-refractivity contribution >= 4 is 87.6 Å². The molecule has 14 rings (SSSR count). The molecule has 0 bridgehead atoms. The van der Waals surface area contributed by atoms with Crippen molar-refractivity contribution in [3.05, 3.63) is 200 Å². The Bertz CT molecular complexity index is 4210. The lowest BCUT2D eigenvalue weighted by atomic mass is 9.98. The largest absolute Gasteiger partial charge is 0.454 e. The highest BCUT2D eigenvalue weighted by Crippen LogP contribution is 2.42. The van der Waals surface area contributed by atoms with Crippen molar-refractivity contribution in [1.82, 2.24) is 24.1 Å². The van der Waals surface area contributed by atoms with Gasteiger partial charge in [-0.3, -0.25) is 4.98 Å². The molecule has 7 aromatic heterocycles. The summed E-state index contributed by atoms with van der Waals surface area (Å²) in [6.45, 7) is 0. The standard InChI is InChI=1S/C57H33N5O2/c1-2-12-35(13-3-1)61-49-21-8-5-16-40(49)56-37(17-10-22-51(56)61)34-24-27-50-41(30-34)38-14-4-7-20-48(38)62(50)36-25-28-53-43(31-36)57-54(63-53)29-26-46(60-57)44-18-11-19-45(59-44)47-32-42-39-15-6-9-23-52(39)64-55(42)33-58-47/h1-33H. The smallest absolute Gasteiger partial charge is 0.153 e. The molecule has 64 heavy (non-hydrogen) atoms. The molecule has 0 aliphatic carbocycles. The van der Waals surface area contributed by atoms with Crippen molar-refractivity contribution in [2.45, 2.75) is 0 Å². The van der Waals surface area contributed by atoms with Crippen LogP contribution in [0, 0.1) is 0 Å². The highest BCUT2D eigenvalue weighted by atomic mass is 16.3. The van der Waals surface area contributed by atoms with E-state index in [1.807, 2.05) is 48.5 Å². The number of benzene rings is 7. The first-order chi connectivity index (χ1) is 31.7. The maximum Gasteiger partial charge on any atom is 0.153 e. The minimum atomic E-state index is 0.723. The number of nitrogens with zero attached hydrogens (tertiary/aromatic N) is 5. The van der Waals surface area contributed by atoms with Gasteiger partial charge in [0.05, 0.1) is 51.0 Å². The van der Waals surface area contributed by atoms with Gasteiger partial charge in [-0.15, -0.1) is 0 Å². The van der Waals surface area contributed by atoms with Crippen molar-refractivity contribution in [3.8, 4) is 45.3 Å². The van der Waals surface area contributed by atoms with Crippen LogP contribution in [0.3, 0.4) is 0 Å². The third-order valence-corrected chi connectivity index (χ3v) is 12.8. The predicted octanol–water partition coefficient (Wildman–Crippen LogP) is 14.9. The summed E-state index contributed by atoms with van der Waals surface area (Å²) in [4.78, 5) is 15.0. The van der Waals surface area contributed by atoms with Gasteiger partial charge in [-0.1, -0.05) is 97.1 Å². The van der Waals surface area contributed by atoms with Crippen molar-refractivity contribution < 1.29 is 8.83 Å². The molecule has 0 fully saturated rings. The highest BCUT2D eigenvalue weighted by Gasteiger charge is 2.20. The molecule has 0 atom stereocenters. The molecule has 0 radical (unpaired) electrons. The Hall–Kier alpha value is -8.81. The summed E-state index contributed by atoms with van der Waals surface area (Å²) in [6, 6.07) is 68.1. The van der Waals surface area contributed by atoms with E-state index in [-0.39, 0.29) is 0 Å². The van der Waals surface area contributed by atoms with Crippen LogP contribution in [0.4, 0.5) is 0 Å². The maximum atomic E-state index is 6.40. The lowest BCUT2D eigenvalue weighted by Gasteiger charge is -2.10. The number of fused-ring (bicyclic) bond motifs is 12. The Balaban J connectivity index is 0.888. The van der Waals surface area contributed by atoms with Crippen molar-refractivity contribution in [2.75, 3.05) is 0 Å². The monoisotopic (exact) mass is 819 g/mol. The summed E-state index contributed by atoms with van der Waals surface area (Å²) >= 11 is 0. The molecule has 0 amide bonds. The fourth-order valence-corrected chi connectivity index (χ4v) is 9.94. The third-order valence-electron chi connectivity index (χ3n) is 12.8. The summed E-state index contributed by atoms with van der Waals surface area (Å²) in [5.74, 6) is 0. The average Bonchev–Trinajstić information content (AvgIpc) is 4.11. The Kier molecular flexibility index (Phi) is 7.27. The minimum Gasteiger partial charge on any atom is -0.454 e. The molecule has 14 aromatic rings. The molecule has 0 unspecified atom stereocenters. The molecule has 7 heteroatoms. The molecule has 7 aromatic carbocycles. The van der Waals surface area contributed by atoms with E-state index < -0.39 is 0 Å². The lowest BCUT2D eigenvalue weighted by molar-refractivity contribution is 0.667. The number of aromatic nitrogens is 5. The second-order valence-electron chi connectivity index (χ2n) is 16.4. The van der Waals surface area contributed by atoms with Crippen molar-refractivity contribution in [3.63, 3.8) is 0 Å². The number of rotatable bonds is 5. The zero-order valence-electron chi connectivity index (χ0n) is 34.1. The molecule has 7 nitrogen and oxygen atoms in total. The predicted molar refractivity (Wildman–Crippen MR) is 259 cm³/mol. The van der Waals surface area contributed by atoms with E-state index in [1.54, 1.807) is 6.20 Å². The normalized spacial score (nSPS) is 12.1. The van der Waals surface area contributed by atoms with E-state index in [4.69, 9.17) is 23.8 Å². The molecule has 0 aliphatic rings.